The average molecular weight is 202 g/mol. The van der Waals surface area contributed by atoms with Crippen molar-refractivity contribution in [3.63, 3.8) is 0 Å². The lowest BCUT2D eigenvalue weighted by Gasteiger charge is -2.08. The van der Waals surface area contributed by atoms with Gasteiger partial charge in [0.2, 0.25) is 0 Å². The van der Waals surface area contributed by atoms with Gasteiger partial charge in [0.25, 0.3) is 0 Å². The van der Waals surface area contributed by atoms with E-state index in [-0.39, 0.29) is 0 Å². The van der Waals surface area contributed by atoms with Crippen LogP contribution in [-0.4, -0.2) is 5.97 Å². The summed E-state index contributed by atoms with van der Waals surface area (Å²) in [6, 6.07) is 5.49. The number of esters is 1. The highest BCUT2D eigenvalue weighted by molar-refractivity contribution is 5.89. The topological polar surface area (TPSA) is 26.3 Å². The van der Waals surface area contributed by atoms with Crippen LogP contribution in [0.2, 0.25) is 0 Å². The van der Waals surface area contributed by atoms with Crippen molar-refractivity contribution in [1.82, 2.24) is 0 Å². The van der Waals surface area contributed by atoms with E-state index in [9.17, 15) is 4.79 Å². The fraction of sp³-hybridized carbons (Fsp3) is 0.154. The van der Waals surface area contributed by atoms with Gasteiger partial charge in [-0.15, -0.1) is 0 Å². The number of benzene rings is 1. The first-order valence-corrected chi connectivity index (χ1v) is 4.66. The molecule has 1 rings (SSSR count). The zero-order valence-electron chi connectivity index (χ0n) is 9.04. The van der Waals surface area contributed by atoms with Crippen molar-refractivity contribution in [2.45, 2.75) is 13.8 Å². The molecule has 0 aliphatic heterocycles. The smallest absolute Gasteiger partial charge is 0.338 e. The molecular weight excluding hydrogens is 188 g/mol. The number of rotatable bonds is 3. The molecule has 0 unspecified atom stereocenters. The van der Waals surface area contributed by atoms with Gasteiger partial charge in [-0.3, -0.25) is 0 Å². The predicted molar refractivity (Wildman–Crippen MR) is 61.7 cm³/mol. The van der Waals surface area contributed by atoms with Gasteiger partial charge < -0.3 is 4.74 Å². The van der Waals surface area contributed by atoms with E-state index in [0.29, 0.717) is 11.3 Å². The van der Waals surface area contributed by atoms with Gasteiger partial charge in [-0.05, 0) is 31.0 Å². The first-order chi connectivity index (χ1) is 7.06. The molecule has 1 aromatic carbocycles. The maximum absolute atomic E-state index is 11.3. The first-order valence-electron chi connectivity index (χ1n) is 4.66. The molecule has 0 radical (unpaired) electrons. The van der Waals surface area contributed by atoms with Crippen LogP contribution in [0.3, 0.4) is 0 Å². The standard InChI is InChI=1S/C13H14O2/c1-5-11-7-6-8-12(10(11)4)15-13(14)9(2)3/h5-8H,1-2H2,3-4H3. The normalized spacial score (nSPS) is 9.47. The largest absolute Gasteiger partial charge is 0.423 e. The summed E-state index contributed by atoms with van der Waals surface area (Å²) in [6.45, 7) is 10.7. The van der Waals surface area contributed by atoms with Crippen molar-refractivity contribution in [2.24, 2.45) is 0 Å². The van der Waals surface area contributed by atoms with Gasteiger partial charge in [0.1, 0.15) is 5.75 Å². The van der Waals surface area contributed by atoms with Gasteiger partial charge in [-0.1, -0.05) is 31.4 Å². The van der Waals surface area contributed by atoms with Gasteiger partial charge in [0.05, 0.1) is 0 Å². The molecule has 0 atom stereocenters. The lowest BCUT2D eigenvalue weighted by Crippen LogP contribution is -2.09. The summed E-state index contributed by atoms with van der Waals surface area (Å²) < 4.78 is 5.16. The zero-order valence-corrected chi connectivity index (χ0v) is 9.04. The van der Waals surface area contributed by atoms with Gasteiger partial charge in [-0.25, -0.2) is 4.79 Å². The molecule has 0 fully saturated rings. The molecule has 2 heteroatoms. The molecule has 0 aromatic heterocycles. The third-order valence-corrected chi connectivity index (χ3v) is 2.10. The molecule has 1 aromatic rings. The number of hydrogen-bond donors (Lipinski definition) is 0. The Kier molecular flexibility index (Phi) is 3.45. The van der Waals surface area contributed by atoms with E-state index in [4.69, 9.17) is 4.74 Å². The number of hydrogen-bond acceptors (Lipinski definition) is 2. The summed E-state index contributed by atoms with van der Waals surface area (Å²) >= 11 is 0. The number of carbonyl (C=O) groups excluding carboxylic acids is 1. The maximum Gasteiger partial charge on any atom is 0.338 e. The van der Waals surface area contributed by atoms with E-state index in [2.05, 4.69) is 13.2 Å². The van der Waals surface area contributed by atoms with Gasteiger partial charge in [0, 0.05) is 5.57 Å². The van der Waals surface area contributed by atoms with Crippen LogP contribution in [0.1, 0.15) is 18.1 Å². The molecule has 0 saturated carbocycles. The van der Waals surface area contributed by atoms with Crippen LogP contribution in [0.25, 0.3) is 6.08 Å². The second kappa shape index (κ2) is 4.60. The minimum absolute atomic E-state index is 0.387. The molecule has 0 saturated heterocycles. The second-order valence-electron chi connectivity index (χ2n) is 3.34. The lowest BCUT2D eigenvalue weighted by molar-refractivity contribution is -0.130. The zero-order chi connectivity index (χ0) is 11.4. The van der Waals surface area contributed by atoms with Crippen LogP contribution in [0, 0.1) is 6.92 Å². The summed E-state index contributed by atoms with van der Waals surface area (Å²) in [5.41, 5.74) is 2.25. The van der Waals surface area contributed by atoms with Crippen molar-refractivity contribution in [3.05, 3.63) is 48.1 Å². The minimum Gasteiger partial charge on any atom is -0.423 e. The van der Waals surface area contributed by atoms with E-state index >= 15 is 0 Å². The second-order valence-corrected chi connectivity index (χ2v) is 3.34. The van der Waals surface area contributed by atoms with Crippen molar-refractivity contribution < 1.29 is 9.53 Å². The fourth-order valence-electron chi connectivity index (χ4n) is 1.15. The van der Waals surface area contributed by atoms with Crippen molar-refractivity contribution >= 4 is 12.0 Å². The molecule has 0 aliphatic carbocycles. The van der Waals surface area contributed by atoms with Gasteiger partial charge in [-0.2, -0.15) is 0 Å². The van der Waals surface area contributed by atoms with Gasteiger partial charge >= 0.3 is 5.97 Å². The predicted octanol–water partition coefficient (Wildman–Crippen LogP) is 3.12. The average Bonchev–Trinajstić information content (AvgIpc) is 2.21. The van der Waals surface area contributed by atoms with Crippen LogP contribution < -0.4 is 4.74 Å². The molecule has 0 aliphatic rings. The highest BCUT2D eigenvalue weighted by atomic mass is 16.5. The van der Waals surface area contributed by atoms with E-state index in [1.165, 1.54) is 0 Å². The monoisotopic (exact) mass is 202 g/mol. The summed E-state index contributed by atoms with van der Waals surface area (Å²) in [5, 5.41) is 0. The Bertz CT molecular complexity index is 417. The van der Waals surface area contributed by atoms with Crippen LogP contribution in [0.15, 0.2) is 36.9 Å². The van der Waals surface area contributed by atoms with E-state index < -0.39 is 5.97 Å². The Morgan fingerprint density at radius 3 is 2.67 bits per heavy atom. The summed E-state index contributed by atoms with van der Waals surface area (Å²) in [6.07, 6.45) is 1.73. The minimum atomic E-state index is -0.403. The molecule has 0 amide bonds. The number of carbonyl (C=O) groups is 1. The Morgan fingerprint density at radius 1 is 1.47 bits per heavy atom. The SMILES string of the molecule is C=Cc1cccc(OC(=O)C(=C)C)c1C. The third kappa shape index (κ3) is 2.56. The fourth-order valence-corrected chi connectivity index (χ4v) is 1.15. The quantitative estimate of drug-likeness (QED) is 0.427. The Balaban J connectivity index is 3.00. The maximum atomic E-state index is 11.3. The van der Waals surface area contributed by atoms with Crippen LogP contribution in [-0.2, 0) is 4.79 Å². The van der Waals surface area contributed by atoms with Crippen LogP contribution >= 0.6 is 0 Å². The Morgan fingerprint density at radius 2 is 2.13 bits per heavy atom. The summed E-state index contributed by atoms with van der Waals surface area (Å²) in [7, 11) is 0. The van der Waals surface area contributed by atoms with Gasteiger partial charge in [0.15, 0.2) is 0 Å². The van der Waals surface area contributed by atoms with Crippen LogP contribution in [0.4, 0.5) is 0 Å². The van der Waals surface area contributed by atoms with Crippen molar-refractivity contribution in [3.8, 4) is 5.75 Å². The van der Waals surface area contributed by atoms with E-state index in [1.54, 1.807) is 19.1 Å². The highest BCUT2D eigenvalue weighted by Crippen LogP contribution is 2.22. The van der Waals surface area contributed by atoms with Crippen molar-refractivity contribution in [2.75, 3.05) is 0 Å². The van der Waals surface area contributed by atoms with E-state index in [0.717, 1.165) is 11.1 Å². The molecule has 2 nitrogen and oxygen atoms in total. The molecule has 0 bridgehead atoms. The summed E-state index contributed by atoms with van der Waals surface area (Å²) in [5.74, 6) is 0.153. The molecular formula is C13H14O2. The van der Waals surface area contributed by atoms with Crippen LogP contribution in [0.5, 0.6) is 5.75 Å². The molecule has 78 valence electrons. The van der Waals surface area contributed by atoms with E-state index in [1.807, 2.05) is 19.1 Å². The molecule has 0 heterocycles. The molecule has 0 N–H and O–H groups in total. The number of ether oxygens (including phenoxy) is 1. The van der Waals surface area contributed by atoms with Crippen molar-refractivity contribution in [1.29, 1.82) is 0 Å². The Labute approximate surface area is 89.9 Å². The Hall–Kier alpha value is -1.83. The first kappa shape index (κ1) is 11.2. The molecule has 15 heavy (non-hydrogen) atoms. The third-order valence-electron chi connectivity index (χ3n) is 2.10. The molecule has 0 spiro atoms. The lowest BCUT2D eigenvalue weighted by atomic mass is 10.1. The highest BCUT2D eigenvalue weighted by Gasteiger charge is 2.08. The summed E-state index contributed by atoms with van der Waals surface area (Å²) in [4.78, 5) is 11.3.